The Labute approximate surface area is 116 Å². The lowest BCUT2D eigenvalue weighted by Crippen LogP contribution is -2.04. The molecular formula is C13H19N3O2S. The van der Waals surface area contributed by atoms with Crippen molar-refractivity contribution in [1.29, 1.82) is 0 Å². The van der Waals surface area contributed by atoms with Gasteiger partial charge in [0.05, 0.1) is 10.6 Å². The van der Waals surface area contributed by atoms with Crippen LogP contribution in [0.25, 0.3) is 11.5 Å². The molecule has 0 spiro atoms. The number of hydrogen-bond acceptors (Lipinski definition) is 6. The Morgan fingerprint density at radius 3 is 2.63 bits per heavy atom. The number of anilines is 1. The number of aryl methyl sites for hydroxylation is 1. The van der Waals surface area contributed by atoms with Gasteiger partial charge in [-0.1, -0.05) is 12.1 Å². The van der Waals surface area contributed by atoms with Crippen molar-refractivity contribution in [1.82, 2.24) is 10.1 Å². The molecule has 2 heterocycles. The summed E-state index contributed by atoms with van der Waals surface area (Å²) in [6.45, 7) is 8.66. The van der Waals surface area contributed by atoms with Gasteiger partial charge in [-0.25, -0.2) is 0 Å². The molecule has 6 heteroatoms. The van der Waals surface area contributed by atoms with Gasteiger partial charge in [0.25, 0.3) is 5.89 Å². The van der Waals surface area contributed by atoms with E-state index >= 15 is 0 Å². The van der Waals surface area contributed by atoms with Crippen LogP contribution in [0.1, 0.15) is 42.6 Å². The molecule has 2 rings (SSSR count). The highest BCUT2D eigenvalue weighted by Gasteiger charge is 2.21. The molecular weight excluding hydrogens is 262 g/mol. The van der Waals surface area contributed by atoms with E-state index in [4.69, 9.17) is 15.0 Å². The summed E-state index contributed by atoms with van der Waals surface area (Å²) < 4.78 is 10.9. The number of thiophene rings is 1. The smallest absolute Gasteiger partial charge is 0.261 e. The van der Waals surface area contributed by atoms with Gasteiger partial charge in [-0.2, -0.15) is 4.98 Å². The second-order valence-electron chi connectivity index (χ2n) is 4.33. The number of hydrogen-bond donors (Lipinski definition) is 1. The number of rotatable bonds is 5. The molecule has 2 N–H and O–H groups in total. The van der Waals surface area contributed by atoms with E-state index in [-0.39, 0.29) is 6.10 Å². The molecule has 2 aromatic rings. The predicted octanol–water partition coefficient (Wildman–Crippen LogP) is 3.48. The van der Waals surface area contributed by atoms with Gasteiger partial charge < -0.3 is 15.0 Å². The van der Waals surface area contributed by atoms with Crippen LogP contribution in [0.15, 0.2) is 4.52 Å². The first-order valence-corrected chi connectivity index (χ1v) is 7.21. The van der Waals surface area contributed by atoms with Crippen molar-refractivity contribution in [2.75, 3.05) is 12.3 Å². The Morgan fingerprint density at radius 1 is 1.37 bits per heavy atom. The highest BCUT2D eigenvalue weighted by molar-refractivity contribution is 7.16. The Hall–Kier alpha value is -1.40. The molecule has 0 radical (unpaired) electrons. The van der Waals surface area contributed by atoms with Gasteiger partial charge in [-0.05, 0) is 32.8 Å². The standard InChI is InChI=1S/C13H19N3O2S/c1-5-9(17-6-2)12-15-13(18-16-12)10-7(3)8(4)19-11(10)14/h9H,5-6,14H2,1-4H3. The average molecular weight is 281 g/mol. The first kappa shape index (κ1) is 14.0. The fourth-order valence-electron chi connectivity index (χ4n) is 1.96. The average Bonchev–Trinajstić information content (AvgIpc) is 2.93. The third-order valence-electron chi connectivity index (χ3n) is 3.09. The van der Waals surface area contributed by atoms with E-state index in [1.165, 1.54) is 4.88 Å². The molecule has 0 aromatic carbocycles. The number of nitrogens with zero attached hydrogens (tertiary/aromatic N) is 2. The molecule has 1 unspecified atom stereocenters. The van der Waals surface area contributed by atoms with Gasteiger partial charge in [-0.3, -0.25) is 0 Å². The van der Waals surface area contributed by atoms with Crippen molar-refractivity contribution < 1.29 is 9.26 Å². The van der Waals surface area contributed by atoms with Crippen LogP contribution in [0.3, 0.4) is 0 Å². The molecule has 2 aromatic heterocycles. The van der Waals surface area contributed by atoms with E-state index in [2.05, 4.69) is 10.1 Å². The summed E-state index contributed by atoms with van der Waals surface area (Å²) in [4.78, 5) is 5.60. The Kier molecular flexibility index (Phi) is 4.21. The summed E-state index contributed by atoms with van der Waals surface area (Å²) in [5.41, 5.74) is 7.96. The van der Waals surface area contributed by atoms with Crippen LogP contribution in [-0.2, 0) is 4.74 Å². The van der Waals surface area contributed by atoms with E-state index in [1.807, 2.05) is 27.7 Å². The highest BCUT2D eigenvalue weighted by Crippen LogP contribution is 2.37. The van der Waals surface area contributed by atoms with E-state index in [0.29, 0.717) is 18.3 Å². The van der Waals surface area contributed by atoms with Crippen LogP contribution >= 0.6 is 11.3 Å². The minimum atomic E-state index is -0.122. The third kappa shape index (κ3) is 2.64. The summed E-state index contributed by atoms with van der Waals surface area (Å²) in [5, 5.41) is 4.73. The molecule has 0 bridgehead atoms. The summed E-state index contributed by atoms with van der Waals surface area (Å²) in [6, 6.07) is 0. The van der Waals surface area contributed by atoms with Crippen LogP contribution in [0.2, 0.25) is 0 Å². The van der Waals surface area contributed by atoms with Gasteiger partial charge in [0, 0.05) is 11.5 Å². The van der Waals surface area contributed by atoms with E-state index in [9.17, 15) is 0 Å². The van der Waals surface area contributed by atoms with E-state index < -0.39 is 0 Å². The van der Waals surface area contributed by atoms with Gasteiger partial charge in [-0.15, -0.1) is 11.3 Å². The maximum atomic E-state index is 6.01. The van der Waals surface area contributed by atoms with Crippen molar-refractivity contribution >= 4 is 16.3 Å². The minimum absolute atomic E-state index is 0.122. The highest BCUT2D eigenvalue weighted by atomic mass is 32.1. The lowest BCUT2D eigenvalue weighted by molar-refractivity contribution is 0.0518. The molecule has 0 amide bonds. The topological polar surface area (TPSA) is 74.2 Å². The van der Waals surface area contributed by atoms with Gasteiger partial charge in [0.2, 0.25) is 5.82 Å². The molecule has 0 saturated heterocycles. The first-order valence-electron chi connectivity index (χ1n) is 6.39. The van der Waals surface area contributed by atoms with Crippen molar-refractivity contribution in [2.45, 2.75) is 40.2 Å². The zero-order chi connectivity index (χ0) is 14.0. The Bertz CT molecular complexity index is 562. The van der Waals surface area contributed by atoms with Gasteiger partial charge in [0.1, 0.15) is 6.10 Å². The molecule has 104 valence electrons. The lowest BCUT2D eigenvalue weighted by atomic mass is 10.1. The molecule has 0 saturated carbocycles. The fraction of sp³-hybridized carbons (Fsp3) is 0.538. The zero-order valence-corrected chi connectivity index (χ0v) is 12.5. The quantitative estimate of drug-likeness (QED) is 0.908. The van der Waals surface area contributed by atoms with E-state index in [0.717, 1.165) is 22.5 Å². The van der Waals surface area contributed by atoms with Crippen LogP contribution in [0.4, 0.5) is 5.00 Å². The number of ether oxygens (including phenoxy) is 1. The molecule has 0 aliphatic rings. The molecule has 0 fully saturated rings. The number of nitrogen functional groups attached to an aromatic ring is 1. The minimum Gasteiger partial charge on any atom is -0.390 e. The number of nitrogens with two attached hydrogens (primary N) is 1. The van der Waals surface area contributed by atoms with Crippen LogP contribution in [0, 0.1) is 13.8 Å². The largest absolute Gasteiger partial charge is 0.390 e. The summed E-state index contributed by atoms with van der Waals surface area (Å²) >= 11 is 1.54. The third-order valence-corrected chi connectivity index (χ3v) is 4.13. The van der Waals surface area contributed by atoms with Crippen LogP contribution < -0.4 is 5.73 Å². The van der Waals surface area contributed by atoms with Crippen molar-refractivity contribution in [3.63, 3.8) is 0 Å². The van der Waals surface area contributed by atoms with Crippen molar-refractivity contribution in [3.8, 4) is 11.5 Å². The lowest BCUT2D eigenvalue weighted by Gasteiger charge is -2.09. The van der Waals surface area contributed by atoms with Crippen LogP contribution in [-0.4, -0.2) is 16.7 Å². The second kappa shape index (κ2) is 5.71. The van der Waals surface area contributed by atoms with E-state index in [1.54, 1.807) is 11.3 Å². The molecule has 0 aliphatic heterocycles. The zero-order valence-electron chi connectivity index (χ0n) is 11.7. The summed E-state index contributed by atoms with van der Waals surface area (Å²) in [6.07, 6.45) is 0.688. The Morgan fingerprint density at radius 2 is 2.11 bits per heavy atom. The maximum absolute atomic E-state index is 6.01. The monoisotopic (exact) mass is 281 g/mol. The van der Waals surface area contributed by atoms with Crippen molar-refractivity contribution in [3.05, 3.63) is 16.3 Å². The van der Waals surface area contributed by atoms with Crippen molar-refractivity contribution in [2.24, 2.45) is 0 Å². The molecule has 0 aliphatic carbocycles. The van der Waals surface area contributed by atoms with Gasteiger partial charge >= 0.3 is 0 Å². The first-order chi connectivity index (χ1) is 9.08. The normalized spacial score (nSPS) is 12.8. The van der Waals surface area contributed by atoms with Crippen LogP contribution in [0.5, 0.6) is 0 Å². The Balaban J connectivity index is 2.35. The fourth-order valence-corrected chi connectivity index (χ4v) is 2.89. The maximum Gasteiger partial charge on any atom is 0.261 e. The van der Waals surface area contributed by atoms with Gasteiger partial charge in [0.15, 0.2) is 0 Å². The number of aromatic nitrogens is 2. The SMILES string of the molecule is CCOC(CC)c1noc(-c2c(N)sc(C)c2C)n1. The molecule has 5 nitrogen and oxygen atoms in total. The predicted molar refractivity (Wildman–Crippen MR) is 76.2 cm³/mol. The molecule has 19 heavy (non-hydrogen) atoms. The second-order valence-corrected chi connectivity index (χ2v) is 5.59. The summed E-state index contributed by atoms with van der Waals surface area (Å²) in [7, 11) is 0. The molecule has 1 atom stereocenters. The summed E-state index contributed by atoms with van der Waals surface area (Å²) in [5.74, 6) is 1.06.